The number of thiazole rings is 1. The van der Waals surface area contributed by atoms with Gasteiger partial charge in [0.2, 0.25) is 15.9 Å². The summed E-state index contributed by atoms with van der Waals surface area (Å²) in [4.78, 5) is 19.6. The van der Waals surface area contributed by atoms with E-state index in [9.17, 15) is 22.0 Å². The lowest BCUT2D eigenvalue weighted by Gasteiger charge is -2.33. The van der Waals surface area contributed by atoms with Gasteiger partial charge in [0.05, 0.1) is 16.8 Å². The third-order valence-electron chi connectivity index (χ3n) is 6.53. The minimum absolute atomic E-state index is 0.0633. The van der Waals surface area contributed by atoms with Crippen molar-refractivity contribution in [3.63, 3.8) is 0 Å². The topological polar surface area (TPSA) is 70.6 Å². The number of amides is 1. The summed E-state index contributed by atoms with van der Waals surface area (Å²) in [6, 6.07) is 18.0. The van der Waals surface area contributed by atoms with E-state index >= 15 is 0 Å². The van der Waals surface area contributed by atoms with Crippen LogP contribution in [0, 0.1) is 24.5 Å². The highest BCUT2D eigenvalue weighted by molar-refractivity contribution is 7.89. The van der Waals surface area contributed by atoms with Crippen LogP contribution in [0.15, 0.2) is 71.6 Å². The van der Waals surface area contributed by atoms with Crippen LogP contribution in [-0.2, 0) is 21.4 Å². The molecule has 37 heavy (non-hydrogen) atoms. The molecule has 1 saturated heterocycles. The quantitative estimate of drug-likeness (QED) is 0.323. The molecule has 192 valence electrons. The van der Waals surface area contributed by atoms with Gasteiger partial charge >= 0.3 is 0 Å². The average molecular weight is 542 g/mol. The van der Waals surface area contributed by atoms with Gasteiger partial charge in [-0.05, 0) is 55.2 Å². The number of sulfonamides is 1. The van der Waals surface area contributed by atoms with E-state index in [0.717, 1.165) is 37.8 Å². The third-order valence-corrected chi connectivity index (χ3v) is 9.50. The van der Waals surface area contributed by atoms with Crippen LogP contribution in [0.3, 0.4) is 0 Å². The zero-order chi connectivity index (χ0) is 26.2. The van der Waals surface area contributed by atoms with Gasteiger partial charge in [0.25, 0.3) is 0 Å². The highest BCUT2D eigenvalue weighted by atomic mass is 32.2. The summed E-state index contributed by atoms with van der Waals surface area (Å²) in [5.41, 5.74) is 2.88. The van der Waals surface area contributed by atoms with E-state index in [1.807, 2.05) is 55.5 Å². The first kappa shape index (κ1) is 25.4. The maximum Gasteiger partial charge on any atom is 0.245 e. The number of piperidine rings is 1. The molecule has 4 aromatic rings. The minimum atomic E-state index is -4.14. The molecule has 1 fully saturated rings. The maximum atomic E-state index is 14.2. The molecule has 5 rings (SSSR count). The Kier molecular flexibility index (Phi) is 7.06. The number of halogens is 2. The van der Waals surface area contributed by atoms with E-state index in [1.165, 1.54) is 11.3 Å². The number of benzene rings is 3. The molecule has 1 amide bonds. The summed E-state index contributed by atoms with van der Waals surface area (Å²) in [5.74, 6) is -2.51. The van der Waals surface area contributed by atoms with Crippen molar-refractivity contribution in [2.45, 2.75) is 31.2 Å². The van der Waals surface area contributed by atoms with Crippen LogP contribution in [-0.4, -0.2) is 36.7 Å². The molecular weight excluding hydrogens is 516 g/mol. The Morgan fingerprint density at radius 3 is 2.49 bits per heavy atom. The first-order chi connectivity index (χ1) is 17.7. The van der Waals surface area contributed by atoms with Gasteiger partial charge in [-0.25, -0.2) is 22.2 Å². The van der Waals surface area contributed by atoms with Crippen molar-refractivity contribution in [1.82, 2.24) is 9.29 Å². The smallest absolute Gasteiger partial charge is 0.245 e. The van der Waals surface area contributed by atoms with Gasteiger partial charge in [-0.2, -0.15) is 4.31 Å². The van der Waals surface area contributed by atoms with Gasteiger partial charge in [-0.15, -0.1) is 0 Å². The summed E-state index contributed by atoms with van der Waals surface area (Å²) >= 11 is 1.45. The second-order valence-corrected chi connectivity index (χ2v) is 12.0. The number of fused-ring (bicyclic) bond motifs is 1. The van der Waals surface area contributed by atoms with E-state index < -0.39 is 32.5 Å². The fourth-order valence-electron chi connectivity index (χ4n) is 4.53. The van der Waals surface area contributed by atoms with E-state index in [2.05, 4.69) is 0 Å². The first-order valence-corrected chi connectivity index (χ1v) is 14.2. The summed E-state index contributed by atoms with van der Waals surface area (Å²) in [6.45, 7) is 2.48. The zero-order valence-electron chi connectivity index (χ0n) is 20.1. The van der Waals surface area contributed by atoms with Gasteiger partial charge in [0, 0.05) is 25.1 Å². The number of hydrogen-bond acceptors (Lipinski definition) is 5. The zero-order valence-corrected chi connectivity index (χ0v) is 21.7. The van der Waals surface area contributed by atoms with Crippen molar-refractivity contribution in [2.24, 2.45) is 5.92 Å². The molecule has 6 nitrogen and oxygen atoms in total. The van der Waals surface area contributed by atoms with Gasteiger partial charge < -0.3 is 0 Å². The molecule has 0 unspecified atom stereocenters. The predicted molar refractivity (Wildman–Crippen MR) is 140 cm³/mol. The highest BCUT2D eigenvalue weighted by Gasteiger charge is 2.36. The molecule has 1 aromatic heterocycles. The molecule has 3 aromatic carbocycles. The molecule has 0 radical (unpaired) electrons. The number of aromatic nitrogens is 1. The number of anilines is 1. The van der Waals surface area contributed by atoms with E-state index in [0.29, 0.717) is 17.7 Å². The number of carbonyl (C=O) groups is 1. The molecule has 0 bridgehead atoms. The molecule has 0 N–H and O–H groups in total. The molecule has 1 aliphatic heterocycles. The fraction of sp³-hybridized carbons (Fsp3) is 0.259. The molecule has 0 saturated carbocycles. The van der Waals surface area contributed by atoms with E-state index in [-0.39, 0.29) is 31.8 Å². The standard InChI is InChI=1S/C27H25F2N3O3S2/c1-18-7-9-23-24(15-18)36-27(30-23)32(17-19-5-3-2-4-6-19)26(33)20-11-13-31(14-12-20)37(34,35)25-10-8-21(28)16-22(25)29/h2-10,15-16,20H,11-14,17H2,1H3. The van der Waals surface area contributed by atoms with Crippen LogP contribution in [0.2, 0.25) is 0 Å². The summed E-state index contributed by atoms with van der Waals surface area (Å²) in [5, 5.41) is 0.595. The largest absolute Gasteiger partial charge is 0.283 e. The van der Waals surface area contributed by atoms with Crippen LogP contribution in [0.4, 0.5) is 13.9 Å². The number of hydrogen-bond donors (Lipinski definition) is 0. The number of carbonyl (C=O) groups excluding carboxylic acids is 1. The van der Waals surface area contributed by atoms with Crippen molar-refractivity contribution >= 4 is 42.6 Å². The van der Waals surface area contributed by atoms with Crippen LogP contribution in [0.25, 0.3) is 10.2 Å². The number of nitrogens with zero attached hydrogens (tertiary/aromatic N) is 3. The predicted octanol–water partition coefficient (Wildman–Crippen LogP) is 5.52. The van der Waals surface area contributed by atoms with Crippen LogP contribution in [0.1, 0.15) is 24.0 Å². The fourth-order valence-corrected chi connectivity index (χ4v) is 7.11. The lowest BCUT2D eigenvalue weighted by molar-refractivity contribution is -0.123. The maximum absolute atomic E-state index is 14.2. The Hall–Kier alpha value is -3.21. The lowest BCUT2D eigenvalue weighted by atomic mass is 9.96. The minimum Gasteiger partial charge on any atom is -0.283 e. The van der Waals surface area contributed by atoms with Crippen LogP contribution < -0.4 is 4.90 Å². The Labute approximate surface area is 218 Å². The molecule has 10 heteroatoms. The average Bonchev–Trinajstić information content (AvgIpc) is 3.30. The lowest BCUT2D eigenvalue weighted by Crippen LogP contribution is -2.44. The van der Waals surface area contributed by atoms with Crippen molar-refractivity contribution in [3.8, 4) is 0 Å². The molecule has 0 aliphatic carbocycles. The Balaban J connectivity index is 1.37. The molecular formula is C27H25F2N3O3S2. The van der Waals surface area contributed by atoms with Crippen molar-refractivity contribution in [2.75, 3.05) is 18.0 Å². The molecule has 0 spiro atoms. The monoisotopic (exact) mass is 541 g/mol. The second kappa shape index (κ2) is 10.3. The van der Waals surface area contributed by atoms with Crippen molar-refractivity contribution < 1.29 is 22.0 Å². The van der Waals surface area contributed by atoms with Gasteiger partial charge in [0.1, 0.15) is 16.5 Å². The first-order valence-electron chi connectivity index (χ1n) is 11.9. The molecule has 0 atom stereocenters. The summed E-state index contributed by atoms with van der Waals surface area (Å²) < 4.78 is 55.6. The molecule has 2 heterocycles. The van der Waals surface area contributed by atoms with E-state index in [4.69, 9.17) is 4.98 Å². The highest BCUT2D eigenvalue weighted by Crippen LogP contribution is 2.33. The normalized spacial score (nSPS) is 15.2. The Bertz CT molecular complexity index is 1550. The van der Waals surface area contributed by atoms with Crippen molar-refractivity contribution in [1.29, 1.82) is 0 Å². The number of aryl methyl sites for hydroxylation is 1. The van der Waals surface area contributed by atoms with E-state index in [1.54, 1.807) is 4.90 Å². The molecule has 1 aliphatic rings. The Morgan fingerprint density at radius 2 is 1.78 bits per heavy atom. The van der Waals surface area contributed by atoms with Crippen LogP contribution in [0.5, 0.6) is 0 Å². The second-order valence-electron chi connectivity index (χ2n) is 9.13. The number of rotatable bonds is 6. The van der Waals surface area contributed by atoms with Crippen molar-refractivity contribution in [3.05, 3.63) is 89.5 Å². The van der Waals surface area contributed by atoms with Gasteiger partial charge in [0.15, 0.2) is 5.13 Å². The van der Waals surface area contributed by atoms with Crippen LogP contribution >= 0.6 is 11.3 Å². The SMILES string of the molecule is Cc1ccc2nc(N(Cc3ccccc3)C(=O)C3CCN(S(=O)(=O)c4ccc(F)cc4F)CC3)sc2c1. The Morgan fingerprint density at radius 1 is 1.05 bits per heavy atom. The summed E-state index contributed by atoms with van der Waals surface area (Å²) in [7, 11) is -4.14. The van der Waals surface area contributed by atoms with Gasteiger partial charge in [-0.3, -0.25) is 9.69 Å². The third kappa shape index (κ3) is 5.27. The van der Waals surface area contributed by atoms with Gasteiger partial charge in [-0.1, -0.05) is 47.7 Å². The summed E-state index contributed by atoms with van der Waals surface area (Å²) in [6.07, 6.45) is 0.576.